The molecule has 0 spiro atoms. The third-order valence-corrected chi connectivity index (χ3v) is 6.78. The molecule has 1 N–H and O–H groups in total. The maximum Gasteiger partial charge on any atom is 0.256 e. The maximum atomic E-state index is 13.1. The molecule has 168 valence electrons. The SMILES string of the molecule is CCCOC1(C(=O)Nc2ccc(OCCN3CCCCC3C)cc2)CCC(C)CC1. The summed E-state index contributed by atoms with van der Waals surface area (Å²) in [5, 5.41) is 3.09. The van der Waals surface area contributed by atoms with E-state index in [1.807, 2.05) is 24.3 Å². The predicted octanol–water partition coefficient (Wildman–Crippen LogP) is 5.25. The van der Waals surface area contributed by atoms with Gasteiger partial charge in [0.05, 0.1) is 0 Å². The highest BCUT2D eigenvalue weighted by Gasteiger charge is 2.42. The summed E-state index contributed by atoms with van der Waals surface area (Å²) in [6.07, 6.45) is 8.53. The van der Waals surface area contributed by atoms with Gasteiger partial charge in [-0.25, -0.2) is 0 Å². The van der Waals surface area contributed by atoms with Gasteiger partial charge in [0.25, 0.3) is 5.91 Å². The Labute approximate surface area is 182 Å². The Bertz CT molecular complexity index is 647. The first-order valence-corrected chi connectivity index (χ1v) is 11.9. The van der Waals surface area contributed by atoms with Crippen LogP contribution in [0.4, 0.5) is 5.69 Å². The number of piperidine rings is 1. The van der Waals surface area contributed by atoms with Crippen LogP contribution < -0.4 is 10.1 Å². The summed E-state index contributed by atoms with van der Waals surface area (Å²) in [6, 6.07) is 8.39. The van der Waals surface area contributed by atoms with E-state index in [0.29, 0.717) is 25.2 Å². The number of amides is 1. The van der Waals surface area contributed by atoms with E-state index in [1.54, 1.807) is 0 Å². The number of hydrogen-bond acceptors (Lipinski definition) is 4. The monoisotopic (exact) mass is 416 g/mol. The lowest BCUT2D eigenvalue weighted by atomic mass is 9.78. The van der Waals surface area contributed by atoms with Gasteiger partial charge < -0.3 is 14.8 Å². The smallest absolute Gasteiger partial charge is 0.256 e. The van der Waals surface area contributed by atoms with Gasteiger partial charge in [0, 0.05) is 24.9 Å². The first kappa shape index (κ1) is 23.1. The van der Waals surface area contributed by atoms with Crippen molar-refractivity contribution in [2.45, 2.75) is 83.8 Å². The van der Waals surface area contributed by atoms with Crippen LogP contribution in [0.1, 0.15) is 72.1 Å². The van der Waals surface area contributed by atoms with Crippen molar-refractivity contribution >= 4 is 11.6 Å². The van der Waals surface area contributed by atoms with Crippen molar-refractivity contribution in [1.82, 2.24) is 4.90 Å². The summed E-state index contributed by atoms with van der Waals surface area (Å²) in [6.45, 7) is 10.1. The van der Waals surface area contributed by atoms with E-state index in [2.05, 4.69) is 31.0 Å². The summed E-state index contributed by atoms with van der Waals surface area (Å²) in [5.74, 6) is 1.51. The summed E-state index contributed by atoms with van der Waals surface area (Å²) in [5.41, 5.74) is 0.123. The second kappa shape index (κ2) is 11.1. The van der Waals surface area contributed by atoms with Gasteiger partial charge in [-0.05, 0) is 88.6 Å². The molecule has 1 aromatic rings. The Morgan fingerprint density at radius 2 is 1.83 bits per heavy atom. The van der Waals surface area contributed by atoms with Crippen molar-refractivity contribution < 1.29 is 14.3 Å². The normalized spacial score (nSPS) is 27.6. The van der Waals surface area contributed by atoms with Gasteiger partial charge in [-0.3, -0.25) is 9.69 Å². The number of benzene rings is 1. The van der Waals surface area contributed by atoms with Crippen LogP contribution in [0.2, 0.25) is 0 Å². The topological polar surface area (TPSA) is 50.8 Å². The number of carbonyl (C=O) groups excluding carboxylic acids is 1. The van der Waals surface area contributed by atoms with Crippen LogP contribution in [0.5, 0.6) is 5.75 Å². The van der Waals surface area contributed by atoms with E-state index in [-0.39, 0.29) is 5.91 Å². The van der Waals surface area contributed by atoms with Crippen molar-refractivity contribution in [1.29, 1.82) is 0 Å². The Hall–Kier alpha value is -1.59. The molecule has 1 saturated carbocycles. The molecule has 0 radical (unpaired) electrons. The van der Waals surface area contributed by atoms with Gasteiger partial charge in [-0.2, -0.15) is 0 Å². The molecule has 0 aromatic heterocycles. The number of nitrogens with one attached hydrogen (secondary N) is 1. The highest BCUT2D eigenvalue weighted by molar-refractivity contribution is 5.97. The Kier molecular flexibility index (Phi) is 8.58. The fourth-order valence-corrected chi connectivity index (χ4v) is 4.61. The van der Waals surface area contributed by atoms with Gasteiger partial charge in [0.2, 0.25) is 0 Å². The van der Waals surface area contributed by atoms with Crippen LogP contribution in [-0.2, 0) is 9.53 Å². The minimum atomic E-state index is -0.678. The first-order valence-electron chi connectivity index (χ1n) is 11.9. The molecule has 1 aromatic carbocycles. The van der Waals surface area contributed by atoms with Gasteiger partial charge in [-0.1, -0.05) is 20.3 Å². The van der Waals surface area contributed by atoms with Gasteiger partial charge >= 0.3 is 0 Å². The van der Waals surface area contributed by atoms with Crippen molar-refractivity contribution in [3.8, 4) is 5.75 Å². The van der Waals surface area contributed by atoms with Crippen LogP contribution in [0, 0.1) is 5.92 Å². The molecule has 1 aliphatic carbocycles. The molecule has 1 unspecified atom stereocenters. The van der Waals surface area contributed by atoms with Crippen molar-refractivity contribution in [3.05, 3.63) is 24.3 Å². The molecule has 1 atom stereocenters. The minimum Gasteiger partial charge on any atom is -0.492 e. The highest BCUT2D eigenvalue weighted by atomic mass is 16.5. The predicted molar refractivity (Wildman–Crippen MR) is 122 cm³/mol. The number of ether oxygens (including phenoxy) is 2. The lowest BCUT2D eigenvalue weighted by Crippen LogP contribution is -2.48. The molecule has 2 fully saturated rings. The lowest BCUT2D eigenvalue weighted by Gasteiger charge is -2.38. The highest BCUT2D eigenvalue weighted by Crippen LogP contribution is 2.36. The van der Waals surface area contributed by atoms with Crippen LogP contribution in [0.25, 0.3) is 0 Å². The average Bonchev–Trinajstić information content (AvgIpc) is 2.76. The van der Waals surface area contributed by atoms with Crippen LogP contribution in [0.3, 0.4) is 0 Å². The lowest BCUT2D eigenvalue weighted by molar-refractivity contribution is -0.147. The molecular weight excluding hydrogens is 376 g/mol. The summed E-state index contributed by atoms with van der Waals surface area (Å²) in [4.78, 5) is 15.6. The minimum absolute atomic E-state index is 0.00407. The zero-order valence-electron chi connectivity index (χ0n) is 19.1. The maximum absolute atomic E-state index is 13.1. The Morgan fingerprint density at radius 3 is 2.50 bits per heavy atom. The fourth-order valence-electron chi connectivity index (χ4n) is 4.61. The van der Waals surface area contributed by atoms with Crippen LogP contribution in [0.15, 0.2) is 24.3 Å². The molecule has 3 rings (SSSR count). The third-order valence-electron chi connectivity index (χ3n) is 6.78. The second-order valence-electron chi connectivity index (χ2n) is 9.23. The molecule has 1 heterocycles. The molecule has 1 saturated heterocycles. The van der Waals surface area contributed by atoms with E-state index < -0.39 is 5.60 Å². The number of rotatable bonds is 9. The zero-order valence-corrected chi connectivity index (χ0v) is 19.1. The number of likely N-dealkylation sites (tertiary alicyclic amines) is 1. The van der Waals surface area contributed by atoms with E-state index in [9.17, 15) is 4.79 Å². The molecular formula is C25H40N2O3. The third kappa shape index (κ3) is 6.21. The molecule has 1 amide bonds. The number of hydrogen-bond donors (Lipinski definition) is 1. The quantitative estimate of drug-likeness (QED) is 0.597. The summed E-state index contributed by atoms with van der Waals surface area (Å²) >= 11 is 0. The summed E-state index contributed by atoms with van der Waals surface area (Å²) in [7, 11) is 0. The first-order chi connectivity index (χ1) is 14.5. The van der Waals surface area contributed by atoms with E-state index in [0.717, 1.165) is 50.1 Å². The summed E-state index contributed by atoms with van der Waals surface area (Å²) < 4.78 is 12.0. The van der Waals surface area contributed by atoms with Crippen molar-refractivity contribution in [3.63, 3.8) is 0 Å². The number of carbonyl (C=O) groups is 1. The fraction of sp³-hybridized carbons (Fsp3) is 0.720. The molecule has 1 aliphatic heterocycles. The zero-order chi connectivity index (χ0) is 21.4. The number of anilines is 1. The van der Waals surface area contributed by atoms with E-state index in [4.69, 9.17) is 9.47 Å². The van der Waals surface area contributed by atoms with Crippen LogP contribution in [-0.4, -0.2) is 48.8 Å². The van der Waals surface area contributed by atoms with Gasteiger partial charge in [0.15, 0.2) is 0 Å². The van der Waals surface area contributed by atoms with Crippen molar-refractivity contribution in [2.24, 2.45) is 5.92 Å². The molecule has 0 bridgehead atoms. The van der Waals surface area contributed by atoms with Gasteiger partial charge in [-0.15, -0.1) is 0 Å². The standard InChI is InChI=1S/C25H40N2O3/c1-4-18-30-25(14-12-20(2)13-15-25)24(28)26-22-8-10-23(11-9-22)29-19-17-27-16-6-5-7-21(27)3/h8-11,20-21H,4-7,12-19H2,1-3H3,(H,26,28). The molecule has 30 heavy (non-hydrogen) atoms. The van der Waals surface area contributed by atoms with Crippen LogP contribution >= 0.6 is 0 Å². The van der Waals surface area contributed by atoms with E-state index >= 15 is 0 Å². The molecule has 5 heteroatoms. The molecule has 5 nitrogen and oxygen atoms in total. The molecule has 2 aliphatic rings. The number of nitrogens with zero attached hydrogens (tertiary/aromatic N) is 1. The largest absolute Gasteiger partial charge is 0.492 e. The second-order valence-corrected chi connectivity index (χ2v) is 9.23. The van der Waals surface area contributed by atoms with E-state index in [1.165, 1.54) is 25.8 Å². The Morgan fingerprint density at radius 1 is 1.10 bits per heavy atom. The van der Waals surface area contributed by atoms with Gasteiger partial charge in [0.1, 0.15) is 18.0 Å². The average molecular weight is 417 g/mol. The van der Waals surface area contributed by atoms with Crippen molar-refractivity contribution in [2.75, 3.05) is 31.6 Å². The Balaban J connectivity index is 1.50.